The van der Waals surface area contributed by atoms with Crippen LogP contribution in [0.1, 0.15) is 103 Å². The standard InChI is InChI=1S/C33H49N3O5S/c1-22(2)18-27(31(40)35-26(20-24-14-10-7-11-15-24)29(38)32-34-16-17-42-32)36-30(39)25(19-23-12-8-6-9-13-23)21-28(37)41-33(3,4)5/h6,8-9,12-13,16-17,22,24-27,29,38H,7,10-11,14-15,18-21H2,1-5H3,(H,35,40)(H,36,39)/t25-,26+,27+,29-/m1/s1. The number of aliphatic hydroxyl groups is 1. The monoisotopic (exact) mass is 599 g/mol. The minimum absolute atomic E-state index is 0.0961. The molecular formula is C33H49N3O5S. The third kappa shape index (κ3) is 11.5. The fourth-order valence-corrected chi connectivity index (χ4v) is 6.30. The molecule has 9 heteroatoms. The van der Waals surface area contributed by atoms with Crippen LogP contribution in [0.25, 0.3) is 0 Å². The first-order chi connectivity index (χ1) is 19.9. The van der Waals surface area contributed by atoms with Crippen molar-refractivity contribution < 1.29 is 24.2 Å². The van der Waals surface area contributed by atoms with Crippen molar-refractivity contribution in [3.05, 3.63) is 52.5 Å². The van der Waals surface area contributed by atoms with Gasteiger partial charge in [-0.3, -0.25) is 14.4 Å². The van der Waals surface area contributed by atoms with Crippen molar-refractivity contribution >= 4 is 29.1 Å². The Morgan fingerprint density at radius 2 is 1.74 bits per heavy atom. The maximum atomic E-state index is 13.8. The van der Waals surface area contributed by atoms with Crippen molar-refractivity contribution in [1.82, 2.24) is 15.6 Å². The first kappa shape index (κ1) is 33.7. The maximum Gasteiger partial charge on any atom is 0.307 e. The lowest BCUT2D eigenvalue weighted by Gasteiger charge is -2.31. The van der Waals surface area contributed by atoms with Gasteiger partial charge in [0.2, 0.25) is 11.8 Å². The lowest BCUT2D eigenvalue weighted by molar-refractivity contribution is -0.157. The Labute approximate surface area is 255 Å². The number of benzene rings is 1. The summed E-state index contributed by atoms with van der Waals surface area (Å²) in [6.45, 7) is 9.38. The van der Waals surface area contributed by atoms with E-state index in [0.29, 0.717) is 30.2 Å². The van der Waals surface area contributed by atoms with Gasteiger partial charge in [0.25, 0.3) is 0 Å². The molecule has 8 nitrogen and oxygen atoms in total. The Morgan fingerprint density at radius 1 is 1.05 bits per heavy atom. The largest absolute Gasteiger partial charge is 0.460 e. The zero-order valence-corrected chi connectivity index (χ0v) is 26.6. The number of hydrogen-bond donors (Lipinski definition) is 3. The zero-order chi connectivity index (χ0) is 30.7. The second kappa shape index (κ2) is 16.2. The highest BCUT2D eigenvalue weighted by Crippen LogP contribution is 2.31. The second-order valence-corrected chi connectivity index (χ2v) is 14.0. The number of carbonyl (C=O) groups excluding carboxylic acids is 3. The number of aromatic nitrogens is 1. The lowest BCUT2D eigenvalue weighted by Crippen LogP contribution is -2.53. The fourth-order valence-electron chi connectivity index (χ4n) is 5.62. The normalized spacial score (nSPS) is 17.2. The van der Waals surface area contributed by atoms with Crippen LogP contribution in [-0.2, 0) is 25.5 Å². The van der Waals surface area contributed by atoms with Crippen LogP contribution in [0, 0.1) is 17.8 Å². The van der Waals surface area contributed by atoms with Crippen LogP contribution in [0.2, 0.25) is 0 Å². The van der Waals surface area contributed by atoms with Crippen molar-refractivity contribution in [3.8, 4) is 0 Å². The average Bonchev–Trinajstić information content (AvgIpc) is 3.46. The van der Waals surface area contributed by atoms with Crippen LogP contribution < -0.4 is 10.6 Å². The Balaban J connectivity index is 1.78. The molecule has 0 radical (unpaired) electrons. The zero-order valence-electron chi connectivity index (χ0n) is 25.8. The van der Waals surface area contributed by atoms with E-state index in [1.165, 1.54) is 17.8 Å². The number of rotatable bonds is 14. The summed E-state index contributed by atoms with van der Waals surface area (Å²) in [5.41, 5.74) is 0.251. The maximum absolute atomic E-state index is 13.8. The summed E-state index contributed by atoms with van der Waals surface area (Å²) >= 11 is 1.37. The van der Waals surface area contributed by atoms with Gasteiger partial charge in [0.05, 0.1) is 18.4 Å². The van der Waals surface area contributed by atoms with Gasteiger partial charge in [0.15, 0.2) is 0 Å². The predicted octanol–water partition coefficient (Wildman–Crippen LogP) is 5.75. The molecule has 1 heterocycles. The molecule has 1 fully saturated rings. The molecule has 3 N–H and O–H groups in total. The first-order valence-electron chi connectivity index (χ1n) is 15.3. The van der Waals surface area contributed by atoms with Crippen LogP contribution in [-0.4, -0.2) is 45.6 Å². The Kier molecular flexibility index (Phi) is 13.0. The van der Waals surface area contributed by atoms with Gasteiger partial charge in [-0.25, -0.2) is 4.98 Å². The Hall–Kier alpha value is -2.78. The molecule has 1 aliphatic rings. The van der Waals surface area contributed by atoms with Crippen molar-refractivity contribution in [3.63, 3.8) is 0 Å². The van der Waals surface area contributed by atoms with Gasteiger partial charge in [-0.15, -0.1) is 11.3 Å². The van der Waals surface area contributed by atoms with Crippen LogP contribution in [0.5, 0.6) is 0 Å². The van der Waals surface area contributed by atoms with Gasteiger partial charge >= 0.3 is 5.97 Å². The molecule has 0 bridgehead atoms. The van der Waals surface area contributed by atoms with Crippen molar-refractivity contribution in [1.29, 1.82) is 0 Å². The minimum atomic E-state index is -0.927. The summed E-state index contributed by atoms with van der Waals surface area (Å²) in [6, 6.07) is 8.21. The molecule has 2 amide bonds. The topological polar surface area (TPSA) is 118 Å². The quantitative estimate of drug-likeness (QED) is 0.238. The van der Waals surface area contributed by atoms with Gasteiger partial charge in [-0.1, -0.05) is 76.3 Å². The number of nitrogens with one attached hydrogen (secondary N) is 2. The summed E-state index contributed by atoms with van der Waals surface area (Å²) < 4.78 is 5.53. The summed E-state index contributed by atoms with van der Waals surface area (Å²) in [7, 11) is 0. The van der Waals surface area contributed by atoms with Gasteiger partial charge in [0.1, 0.15) is 22.8 Å². The number of aliphatic hydroxyl groups excluding tert-OH is 1. The van der Waals surface area contributed by atoms with E-state index in [-0.39, 0.29) is 24.2 Å². The molecule has 0 spiro atoms. The second-order valence-electron chi connectivity index (χ2n) is 13.0. The van der Waals surface area contributed by atoms with Crippen molar-refractivity contribution in [2.24, 2.45) is 17.8 Å². The van der Waals surface area contributed by atoms with Crippen molar-refractivity contribution in [2.75, 3.05) is 0 Å². The number of hydrogen-bond acceptors (Lipinski definition) is 7. The van der Waals surface area contributed by atoms with Gasteiger partial charge in [0, 0.05) is 11.6 Å². The number of amides is 2. The summed E-state index contributed by atoms with van der Waals surface area (Å²) in [6.07, 6.45) is 7.75. The Morgan fingerprint density at radius 3 is 2.33 bits per heavy atom. The Bertz CT molecular complexity index is 1110. The summed E-state index contributed by atoms with van der Waals surface area (Å²) in [5.74, 6) is -1.31. The van der Waals surface area contributed by atoms with Crippen molar-refractivity contribution in [2.45, 2.75) is 116 Å². The molecule has 3 rings (SSSR count). The first-order valence-corrected chi connectivity index (χ1v) is 16.2. The van der Waals surface area contributed by atoms with Gasteiger partial charge in [-0.2, -0.15) is 0 Å². The predicted molar refractivity (Wildman–Crippen MR) is 166 cm³/mol. The summed E-state index contributed by atoms with van der Waals surface area (Å²) in [4.78, 5) is 44.6. The van der Waals surface area contributed by atoms with Crippen LogP contribution in [0.3, 0.4) is 0 Å². The van der Waals surface area contributed by atoms with E-state index in [1.54, 1.807) is 27.0 Å². The highest BCUT2D eigenvalue weighted by molar-refractivity contribution is 7.09. The van der Waals surface area contributed by atoms with E-state index in [9.17, 15) is 19.5 Å². The molecule has 0 unspecified atom stereocenters. The highest BCUT2D eigenvalue weighted by atomic mass is 32.1. The molecule has 4 atom stereocenters. The molecule has 2 aromatic rings. The molecule has 1 saturated carbocycles. The fraction of sp³-hybridized carbons (Fsp3) is 0.636. The van der Waals surface area contributed by atoms with E-state index < -0.39 is 35.7 Å². The third-order valence-corrected chi connectivity index (χ3v) is 8.44. The summed E-state index contributed by atoms with van der Waals surface area (Å²) in [5, 5.41) is 19.7. The highest BCUT2D eigenvalue weighted by Gasteiger charge is 2.33. The number of thiazole rings is 1. The molecule has 42 heavy (non-hydrogen) atoms. The van der Waals surface area contributed by atoms with Gasteiger partial charge in [-0.05, 0) is 57.4 Å². The van der Waals surface area contributed by atoms with E-state index in [4.69, 9.17) is 4.74 Å². The van der Waals surface area contributed by atoms with Crippen LogP contribution >= 0.6 is 11.3 Å². The molecule has 232 valence electrons. The molecule has 1 aromatic carbocycles. The average molecular weight is 600 g/mol. The minimum Gasteiger partial charge on any atom is -0.460 e. The molecule has 1 aromatic heterocycles. The number of nitrogens with zero attached hydrogens (tertiary/aromatic N) is 1. The SMILES string of the molecule is CC(C)C[C@H](NC(=O)[C@@H](CC(=O)OC(C)(C)C)Cc1ccccc1)C(=O)N[C@@H](CC1CCCCC1)[C@@H](O)c1nccs1. The number of esters is 1. The number of carbonyl (C=O) groups is 3. The molecular weight excluding hydrogens is 550 g/mol. The van der Waals surface area contributed by atoms with E-state index >= 15 is 0 Å². The molecule has 1 aliphatic carbocycles. The van der Waals surface area contributed by atoms with E-state index in [1.807, 2.05) is 49.6 Å². The van der Waals surface area contributed by atoms with Crippen LogP contribution in [0.15, 0.2) is 41.9 Å². The smallest absolute Gasteiger partial charge is 0.307 e. The molecule has 0 saturated heterocycles. The third-order valence-electron chi connectivity index (χ3n) is 7.59. The molecule has 0 aliphatic heterocycles. The van der Waals surface area contributed by atoms with Gasteiger partial charge < -0.3 is 20.5 Å². The number of ether oxygens (including phenoxy) is 1. The lowest BCUT2D eigenvalue weighted by atomic mass is 9.83. The van der Waals surface area contributed by atoms with Crippen LogP contribution in [0.4, 0.5) is 0 Å². The van der Waals surface area contributed by atoms with E-state index in [0.717, 1.165) is 31.2 Å². The van der Waals surface area contributed by atoms with E-state index in [2.05, 4.69) is 15.6 Å².